The Morgan fingerprint density at radius 1 is 1.07 bits per heavy atom. The third-order valence-electron chi connectivity index (χ3n) is 6.05. The molecule has 2 aromatic carbocycles. The molecule has 0 saturated carbocycles. The molecular formula is C22H25FN2O2. The number of likely N-dealkylation sites (N-methyl/N-ethyl adjacent to an activating group) is 1. The molecule has 1 atom stereocenters. The van der Waals surface area contributed by atoms with Gasteiger partial charge in [-0.05, 0) is 55.1 Å². The van der Waals surface area contributed by atoms with Crippen molar-refractivity contribution in [2.45, 2.75) is 37.5 Å². The predicted octanol–water partition coefficient (Wildman–Crippen LogP) is 2.69. The Hall–Kier alpha value is -2.24. The molecule has 1 amide bonds. The molecule has 1 fully saturated rings. The zero-order chi connectivity index (χ0) is 19.0. The predicted molar refractivity (Wildman–Crippen MR) is 102 cm³/mol. The van der Waals surface area contributed by atoms with E-state index >= 15 is 0 Å². The summed E-state index contributed by atoms with van der Waals surface area (Å²) in [5, 5.41) is 11.0. The normalized spacial score (nSPS) is 22.3. The molecule has 0 aromatic heterocycles. The molecule has 0 radical (unpaired) electrons. The molecule has 0 unspecified atom stereocenters. The molecule has 27 heavy (non-hydrogen) atoms. The van der Waals surface area contributed by atoms with Crippen LogP contribution in [0, 0.1) is 5.82 Å². The van der Waals surface area contributed by atoms with Crippen molar-refractivity contribution in [2.75, 3.05) is 20.1 Å². The van der Waals surface area contributed by atoms with Crippen molar-refractivity contribution in [1.82, 2.24) is 9.80 Å². The van der Waals surface area contributed by atoms with Gasteiger partial charge in [0.15, 0.2) is 0 Å². The smallest absolute Gasteiger partial charge is 0.240 e. The Labute approximate surface area is 159 Å². The van der Waals surface area contributed by atoms with E-state index in [1.807, 2.05) is 24.1 Å². The number of nitrogens with zero attached hydrogens (tertiary/aromatic N) is 2. The number of aliphatic hydroxyl groups is 1. The fourth-order valence-electron chi connectivity index (χ4n) is 4.29. The molecule has 4 rings (SSSR count). The van der Waals surface area contributed by atoms with E-state index in [0.29, 0.717) is 25.9 Å². The second-order valence-electron chi connectivity index (χ2n) is 7.77. The molecule has 2 aromatic rings. The average molecular weight is 368 g/mol. The molecule has 4 nitrogen and oxygen atoms in total. The van der Waals surface area contributed by atoms with Crippen LogP contribution in [0.5, 0.6) is 0 Å². The molecular weight excluding hydrogens is 343 g/mol. The number of piperidine rings is 1. The largest absolute Gasteiger partial charge is 0.385 e. The molecule has 2 aliphatic rings. The molecule has 5 heteroatoms. The van der Waals surface area contributed by atoms with Gasteiger partial charge in [0.1, 0.15) is 5.82 Å². The number of hydrogen-bond donors (Lipinski definition) is 1. The van der Waals surface area contributed by atoms with Crippen LogP contribution in [0.4, 0.5) is 4.39 Å². The quantitative estimate of drug-likeness (QED) is 0.886. The van der Waals surface area contributed by atoms with Crippen LogP contribution in [0.2, 0.25) is 0 Å². The molecule has 0 bridgehead atoms. The first-order valence-electron chi connectivity index (χ1n) is 9.50. The van der Waals surface area contributed by atoms with E-state index in [-0.39, 0.29) is 17.8 Å². The van der Waals surface area contributed by atoms with Crippen LogP contribution in [-0.2, 0) is 23.4 Å². The molecule has 2 heterocycles. The van der Waals surface area contributed by atoms with Crippen molar-refractivity contribution in [3.05, 3.63) is 71.0 Å². The summed E-state index contributed by atoms with van der Waals surface area (Å²) < 4.78 is 13.2. The average Bonchev–Trinajstić information content (AvgIpc) is 2.68. The summed E-state index contributed by atoms with van der Waals surface area (Å²) in [4.78, 5) is 17.1. The van der Waals surface area contributed by atoms with Gasteiger partial charge in [0.2, 0.25) is 5.91 Å². The Balaban J connectivity index is 1.44. The summed E-state index contributed by atoms with van der Waals surface area (Å²) in [7, 11) is 2.00. The molecule has 142 valence electrons. The summed E-state index contributed by atoms with van der Waals surface area (Å²) in [5.41, 5.74) is 2.26. The van der Waals surface area contributed by atoms with Crippen molar-refractivity contribution in [2.24, 2.45) is 0 Å². The summed E-state index contributed by atoms with van der Waals surface area (Å²) in [6.45, 7) is 1.80. The molecule has 1 N–H and O–H groups in total. The maximum atomic E-state index is 13.2. The van der Waals surface area contributed by atoms with Crippen molar-refractivity contribution >= 4 is 5.91 Å². The van der Waals surface area contributed by atoms with E-state index in [4.69, 9.17) is 0 Å². The Morgan fingerprint density at radius 3 is 2.37 bits per heavy atom. The fourth-order valence-corrected chi connectivity index (χ4v) is 4.29. The zero-order valence-corrected chi connectivity index (χ0v) is 15.6. The van der Waals surface area contributed by atoms with Gasteiger partial charge >= 0.3 is 0 Å². The van der Waals surface area contributed by atoms with Gasteiger partial charge in [-0.15, -0.1) is 0 Å². The second-order valence-corrected chi connectivity index (χ2v) is 7.77. The number of likely N-dealkylation sites (tertiary alicyclic amines) is 1. The van der Waals surface area contributed by atoms with Crippen LogP contribution < -0.4 is 0 Å². The van der Waals surface area contributed by atoms with Gasteiger partial charge in [-0.3, -0.25) is 9.69 Å². The van der Waals surface area contributed by atoms with Crippen molar-refractivity contribution in [3.8, 4) is 0 Å². The number of rotatable bonds is 2. The first kappa shape index (κ1) is 18.1. The number of fused-ring (bicyclic) bond motifs is 1. The minimum atomic E-state index is -0.991. The molecule has 1 saturated heterocycles. The third-order valence-corrected chi connectivity index (χ3v) is 6.05. The first-order valence-corrected chi connectivity index (χ1v) is 9.50. The lowest BCUT2D eigenvalue weighted by Gasteiger charge is -2.42. The summed E-state index contributed by atoms with van der Waals surface area (Å²) in [6.07, 6.45) is 1.67. The van der Waals surface area contributed by atoms with E-state index in [1.165, 1.54) is 23.3 Å². The van der Waals surface area contributed by atoms with Crippen molar-refractivity contribution in [3.63, 3.8) is 0 Å². The number of halogens is 1. The van der Waals surface area contributed by atoms with Gasteiger partial charge in [0.05, 0.1) is 11.6 Å². The summed E-state index contributed by atoms with van der Waals surface area (Å²) >= 11 is 0. The highest BCUT2D eigenvalue weighted by Crippen LogP contribution is 2.33. The van der Waals surface area contributed by atoms with Crippen LogP contribution >= 0.6 is 0 Å². The van der Waals surface area contributed by atoms with Crippen LogP contribution in [0.25, 0.3) is 0 Å². The highest BCUT2D eigenvalue weighted by Gasteiger charge is 2.38. The van der Waals surface area contributed by atoms with E-state index in [2.05, 4.69) is 17.0 Å². The lowest BCUT2D eigenvalue weighted by atomic mass is 9.84. The standard InChI is InChI=1S/C22H25FN2O2/c1-24-15-17-5-3-2-4-16(17)14-20(24)21(26)25-12-10-22(27,11-13-25)18-6-8-19(23)9-7-18/h2-9,20,27H,10-15H2,1H3/t20-/m0/s1. The molecule has 0 aliphatic carbocycles. The fraction of sp³-hybridized carbons (Fsp3) is 0.409. The first-order chi connectivity index (χ1) is 13.0. The van der Waals surface area contributed by atoms with Crippen LogP contribution in [0.15, 0.2) is 48.5 Å². The second kappa shape index (κ2) is 7.06. The Kier molecular flexibility index (Phi) is 4.74. The number of benzene rings is 2. The minimum absolute atomic E-state index is 0.133. The van der Waals surface area contributed by atoms with E-state index in [1.54, 1.807) is 12.1 Å². The maximum absolute atomic E-state index is 13.2. The van der Waals surface area contributed by atoms with Gasteiger partial charge in [0, 0.05) is 19.6 Å². The number of carbonyl (C=O) groups is 1. The lowest BCUT2D eigenvalue weighted by molar-refractivity contribution is -0.141. The summed E-state index contributed by atoms with van der Waals surface area (Å²) in [5.74, 6) is -0.177. The van der Waals surface area contributed by atoms with E-state index < -0.39 is 5.60 Å². The maximum Gasteiger partial charge on any atom is 0.240 e. The lowest BCUT2D eigenvalue weighted by Crippen LogP contribution is -2.53. The number of carbonyl (C=O) groups excluding carboxylic acids is 1. The van der Waals surface area contributed by atoms with Gasteiger partial charge in [-0.2, -0.15) is 0 Å². The van der Waals surface area contributed by atoms with E-state index in [9.17, 15) is 14.3 Å². The van der Waals surface area contributed by atoms with Gasteiger partial charge in [0.25, 0.3) is 0 Å². The van der Waals surface area contributed by atoms with Gasteiger partial charge < -0.3 is 10.0 Å². The SMILES string of the molecule is CN1Cc2ccccc2C[C@H]1C(=O)N1CCC(O)(c2ccc(F)cc2)CC1. The topological polar surface area (TPSA) is 43.8 Å². The summed E-state index contributed by atoms with van der Waals surface area (Å²) in [6, 6.07) is 14.2. The molecule has 2 aliphatic heterocycles. The van der Waals surface area contributed by atoms with Crippen molar-refractivity contribution < 1.29 is 14.3 Å². The minimum Gasteiger partial charge on any atom is -0.385 e. The van der Waals surface area contributed by atoms with Gasteiger partial charge in [-0.1, -0.05) is 36.4 Å². The highest BCUT2D eigenvalue weighted by molar-refractivity contribution is 5.82. The number of amides is 1. The zero-order valence-electron chi connectivity index (χ0n) is 15.6. The van der Waals surface area contributed by atoms with Gasteiger partial charge in [-0.25, -0.2) is 4.39 Å². The Bertz CT molecular complexity index is 828. The Morgan fingerprint density at radius 2 is 1.70 bits per heavy atom. The highest BCUT2D eigenvalue weighted by atomic mass is 19.1. The van der Waals surface area contributed by atoms with E-state index in [0.717, 1.165) is 18.5 Å². The van der Waals surface area contributed by atoms with Crippen LogP contribution in [0.1, 0.15) is 29.5 Å². The van der Waals surface area contributed by atoms with Crippen LogP contribution in [0.3, 0.4) is 0 Å². The number of hydrogen-bond acceptors (Lipinski definition) is 3. The van der Waals surface area contributed by atoms with Crippen LogP contribution in [-0.4, -0.2) is 47.0 Å². The monoisotopic (exact) mass is 368 g/mol. The molecule has 0 spiro atoms. The van der Waals surface area contributed by atoms with Crippen molar-refractivity contribution in [1.29, 1.82) is 0 Å². The third kappa shape index (κ3) is 3.49.